The average Bonchev–Trinajstić information content (AvgIpc) is 2.58. The van der Waals surface area contributed by atoms with E-state index in [1.54, 1.807) is 0 Å². The highest BCUT2D eigenvalue weighted by Crippen LogP contribution is 2.14. The number of hydrogen-bond donors (Lipinski definition) is 3. The van der Waals surface area contributed by atoms with Crippen molar-refractivity contribution in [3.05, 3.63) is 66.2 Å². The molecule has 0 aliphatic carbocycles. The van der Waals surface area contributed by atoms with Gasteiger partial charge in [0.15, 0.2) is 5.96 Å². The van der Waals surface area contributed by atoms with Gasteiger partial charge in [-0.1, -0.05) is 30.3 Å². The maximum Gasteiger partial charge on any atom is 0.193 e. The van der Waals surface area contributed by atoms with Crippen LogP contribution in [0.5, 0.6) is 0 Å². The smallest absolute Gasteiger partial charge is 0.193 e. The molecule has 130 valence electrons. The molecule has 0 unspecified atom stereocenters. The van der Waals surface area contributed by atoms with Crippen molar-refractivity contribution in [2.75, 3.05) is 23.7 Å². The zero-order chi connectivity index (χ0) is 16.8. The van der Waals surface area contributed by atoms with Crippen molar-refractivity contribution in [1.29, 1.82) is 0 Å². The second kappa shape index (κ2) is 9.22. The summed E-state index contributed by atoms with van der Waals surface area (Å²) in [5.41, 5.74) is 9.01. The number of halogens is 1. The number of rotatable bonds is 5. The van der Waals surface area contributed by atoms with Crippen molar-refractivity contribution in [2.24, 2.45) is 10.7 Å². The monoisotopic (exact) mass is 447 g/mol. The highest BCUT2D eigenvalue weighted by Gasteiger charge is 1.98. The van der Waals surface area contributed by atoms with Crippen LogP contribution in [0.2, 0.25) is 0 Å². The molecule has 0 saturated heterocycles. The first-order chi connectivity index (χ1) is 11.7. The molecule has 4 N–H and O–H groups in total. The van der Waals surface area contributed by atoms with Gasteiger partial charge in [-0.05, 0) is 42.8 Å². The maximum absolute atomic E-state index is 5.91. The number of benzene rings is 2. The summed E-state index contributed by atoms with van der Waals surface area (Å²) in [4.78, 5) is 8.88. The SMILES string of the molecule is Cc1cccc(NC(N)=NCCNc2ccc3ccccc3n2)c1.I. The van der Waals surface area contributed by atoms with Gasteiger partial charge in [0, 0.05) is 17.6 Å². The van der Waals surface area contributed by atoms with Gasteiger partial charge in [-0.15, -0.1) is 24.0 Å². The Labute approximate surface area is 164 Å². The van der Waals surface area contributed by atoms with Crippen molar-refractivity contribution >= 4 is 52.3 Å². The van der Waals surface area contributed by atoms with Crippen LogP contribution in [0, 0.1) is 6.92 Å². The highest BCUT2D eigenvalue weighted by molar-refractivity contribution is 14.0. The third-order valence-corrected chi connectivity index (χ3v) is 3.59. The Morgan fingerprint density at radius 1 is 1.08 bits per heavy atom. The van der Waals surface area contributed by atoms with E-state index < -0.39 is 0 Å². The largest absolute Gasteiger partial charge is 0.370 e. The number of nitrogens with one attached hydrogen (secondary N) is 2. The molecule has 0 saturated carbocycles. The van der Waals surface area contributed by atoms with Crippen molar-refractivity contribution in [2.45, 2.75) is 6.92 Å². The van der Waals surface area contributed by atoms with Crippen LogP contribution in [0.4, 0.5) is 11.5 Å². The van der Waals surface area contributed by atoms with Crippen LogP contribution < -0.4 is 16.4 Å². The first-order valence-electron chi connectivity index (χ1n) is 7.94. The molecule has 0 aliphatic heterocycles. The van der Waals surface area contributed by atoms with E-state index in [2.05, 4.69) is 26.7 Å². The summed E-state index contributed by atoms with van der Waals surface area (Å²) < 4.78 is 0. The minimum Gasteiger partial charge on any atom is -0.370 e. The van der Waals surface area contributed by atoms with E-state index >= 15 is 0 Å². The number of anilines is 2. The van der Waals surface area contributed by atoms with Gasteiger partial charge >= 0.3 is 0 Å². The van der Waals surface area contributed by atoms with E-state index in [1.807, 2.05) is 61.5 Å². The molecule has 0 radical (unpaired) electrons. The maximum atomic E-state index is 5.91. The number of aliphatic imine (C=N–C) groups is 1. The molecule has 6 heteroatoms. The lowest BCUT2D eigenvalue weighted by molar-refractivity contribution is 1.01. The number of aromatic nitrogens is 1. The normalized spacial score (nSPS) is 11.0. The van der Waals surface area contributed by atoms with Gasteiger partial charge in [0.1, 0.15) is 5.82 Å². The topological polar surface area (TPSA) is 75.3 Å². The van der Waals surface area contributed by atoms with Gasteiger partial charge in [0.2, 0.25) is 0 Å². The summed E-state index contributed by atoms with van der Waals surface area (Å²) in [6.45, 7) is 3.28. The lowest BCUT2D eigenvalue weighted by Crippen LogP contribution is -2.23. The Morgan fingerprint density at radius 3 is 2.76 bits per heavy atom. The highest BCUT2D eigenvalue weighted by atomic mass is 127. The summed E-state index contributed by atoms with van der Waals surface area (Å²) >= 11 is 0. The van der Waals surface area contributed by atoms with Crippen LogP contribution in [0.3, 0.4) is 0 Å². The second-order valence-electron chi connectivity index (χ2n) is 5.58. The molecule has 0 bridgehead atoms. The number of pyridine rings is 1. The van der Waals surface area contributed by atoms with E-state index in [0.29, 0.717) is 19.0 Å². The van der Waals surface area contributed by atoms with E-state index in [0.717, 1.165) is 22.4 Å². The molecule has 25 heavy (non-hydrogen) atoms. The summed E-state index contributed by atoms with van der Waals surface area (Å²) in [5, 5.41) is 7.49. The summed E-state index contributed by atoms with van der Waals surface area (Å²) in [6.07, 6.45) is 0. The van der Waals surface area contributed by atoms with E-state index in [-0.39, 0.29) is 24.0 Å². The van der Waals surface area contributed by atoms with Crippen LogP contribution >= 0.6 is 24.0 Å². The van der Waals surface area contributed by atoms with Gasteiger partial charge in [0.25, 0.3) is 0 Å². The number of nitrogens with two attached hydrogens (primary N) is 1. The molecule has 1 heterocycles. The lowest BCUT2D eigenvalue weighted by atomic mass is 10.2. The van der Waals surface area contributed by atoms with Crippen LogP contribution in [0.1, 0.15) is 5.56 Å². The van der Waals surface area contributed by atoms with Gasteiger partial charge in [-0.2, -0.15) is 0 Å². The van der Waals surface area contributed by atoms with Gasteiger partial charge in [-0.3, -0.25) is 4.99 Å². The lowest BCUT2D eigenvalue weighted by Gasteiger charge is -2.07. The van der Waals surface area contributed by atoms with Crippen LogP contribution in [-0.2, 0) is 0 Å². The fourth-order valence-corrected chi connectivity index (χ4v) is 2.44. The third kappa shape index (κ3) is 5.60. The van der Waals surface area contributed by atoms with Crippen LogP contribution in [-0.4, -0.2) is 24.0 Å². The Bertz CT molecular complexity index is 863. The van der Waals surface area contributed by atoms with Crippen LogP contribution in [0.25, 0.3) is 10.9 Å². The van der Waals surface area contributed by atoms with Crippen molar-refractivity contribution in [1.82, 2.24) is 4.98 Å². The molecule has 3 aromatic rings. The number of nitrogens with zero attached hydrogens (tertiary/aromatic N) is 2. The molecule has 0 spiro atoms. The molecular formula is C19H22IN5. The predicted molar refractivity (Wildman–Crippen MR) is 117 cm³/mol. The van der Waals surface area contributed by atoms with Crippen molar-refractivity contribution in [3.8, 4) is 0 Å². The van der Waals surface area contributed by atoms with Gasteiger partial charge in [0.05, 0.1) is 12.1 Å². The van der Waals surface area contributed by atoms with Gasteiger partial charge < -0.3 is 16.4 Å². The quantitative estimate of drug-likeness (QED) is 0.239. The Morgan fingerprint density at radius 2 is 1.92 bits per heavy atom. The van der Waals surface area contributed by atoms with Crippen molar-refractivity contribution < 1.29 is 0 Å². The third-order valence-electron chi connectivity index (χ3n) is 3.59. The summed E-state index contributed by atoms with van der Waals surface area (Å²) in [6, 6.07) is 20.1. The van der Waals surface area contributed by atoms with Crippen LogP contribution in [0.15, 0.2) is 65.7 Å². The number of aryl methyl sites for hydroxylation is 1. The predicted octanol–water partition coefficient (Wildman–Crippen LogP) is 4.00. The minimum atomic E-state index is 0. The number of para-hydroxylation sites is 1. The Balaban J connectivity index is 0.00000225. The fourth-order valence-electron chi connectivity index (χ4n) is 2.44. The van der Waals surface area contributed by atoms with E-state index in [9.17, 15) is 0 Å². The molecule has 0 fully saturated rings. The number of guanidine groups is 1. The molecule has 0 atom stereocenters. The second-order valence-corrected chi connectivity index (χ2v) is 5.58. The molecule has 3 rings (SSSR count). The standard InChI is InChI=1S/C19H21N5.HI/c1-14-5-4-7-16(13-14)23-19(20)22-12-11-21-18-10-9-15-6-2-3-8-17(15)24-18;/h2-10,13H,11-12H2,1H3,(H,21,24)(H3,20,22,23);1H. The van der Waals surface area contributed by atoms with Gasteiger partial charge in [-0.25, -0.2) is 4.98 Å². The molecular weight excluding hydrogens is 425 g/mol. The first-order valence-corrected chi connectivity index (χ1v) is 7.94. The fraction of sp³-hybridized carbons (Fsp3) is 0.158. The Kier molecular flexibility index (Phi) is 7.00. The van der Waals surface area contributed by atoms with E-state index in [1.165, 1.54) is 5.56 Å². The van der Waals surface area contributed by atoms with E-state index in [4.69, 9.17) is 5.73 Å². The Hall–Kier alpha value is -2.35. The minimum absolute atomic E-state index is 0. The summed E-state index contributed by atoms with van der Waals surface area (Å²) in [7, 11) is 0. The number of hydrogen-bond acceptors (Lipinski definition) is 3. The zero-order valence-corrected chi connectivity index (χ0v) is 16.4. The zero-order valence-electron chi connectivity index (χ0n) is 14.1. The average molecular weight is 447 g/mol. The number of fused-ring (bicyclic) bond motifs is 1. The van der Waals surface area contributed by atoms with Crippen molar-refractivity contribution in [3.63, 3.8) is 0 Å². The molecule has 0 amide bonds. The molecule has 1 aromatic heterocycles. The molecule has 2 aromatic carbocycles. The first kappa shape index (κ1) is 19.0. The molecule has 0 aliphatic rings. The molecule has 5 nitrogen and oxygen atoms in total. The summed E-state index contributed by atoms with van der Waals surface area (Å²) in [5.74, 6) is 1.25.